The molecule has 0 amide bonds. The van der Waals surface area contributed by atoms with Crippen LogP contribution in [0.4, 0.5) is 0 Å². The quantitative estimate of drug-likeness (QED) is 0.0991. The van der Waals surface area contributed by atoms with Crippen molar-refractivity contribution in [2.75, 3.05) is 13.2 Å². The molecular weight excluding hydrogens is 412 g/mol. The van der Waals surface area contributed by atoms with Gasteiger partial charge in [0.05, 0.1) is 13.2 Å². The normalized spacial score (nSPS) is 11.2. The van der Waals surface area contributed by atoms with E-state index in [9.17, 15) is 9.59 Å². The van der Waals surface area contributed by atoms with E-state index >= 15 is 0 Å². The predicted molar refractivity (Wildman–Crippen MR) is 139 cm³/mol. The fraction of sp³-hybridized carbons (Fsp3) is 0.931. The SMILES string of the molecule is CCCCCCCCCCCCCCOC(=O)CCCCC(=O)OCCCCCCC(C)C. The Morgan fingerprint density at radius 1 is 0.515 bits per heavy atom. The zero-order chi connectivity index (χ0) is 24.4. The Balaban J connectivity index is 3.29. The first-order valence-corrected chi connectivity index (χ1v) is 14.4. The second-order valence-corrected chi connectivity index (χ2v) is 10.1. The highest BCUT2D eigenvalue weighted by Gasteiger charge is 2.06. The number of rotatable bonds is 25. The van der Waals surface area contributed by atoms with Gasteiger partial charge in [0.2, 0.25) is 0 Å². The molecule has 0 aromatic heterocycles. The van der Waals surface area contributed by atoms with Gasteiger partial charge in [-0.25, -0.2) is 0 Å². The molecule has 0 radical (unpaired) electrons. The summed E-state index contributed by atoms with van der Waals surface area (Å²) < 4.78 is 10.6. The minimum atomic E-state index is -0.137. The van der Waals surface area contributed by atoms with Gasteiger partial charge in [0, 0.05) is 12.8 Å². The molecule has 4 nitrogen and oxygen atoms in total. The zero-order valence-electron chi connectivity index (χ0n) is 22.5. The third kappa shape index (κ3) is 27.1. The first-order chi connectivity index (χ1) is 16.1. The van der Waals surface area contributed by atoms with Gasteiger partial charge in [0.25, 0.3) is 0 Å². The van der Waals surface area contributed by atoms with Crippen molar-refractivity contribution in [2.45, 2.75) is 156 Å². The van der Waals surface area contributed by atoms with Gasteiger partial charge in [-0.2, -0.15) is 0 Å². The summed E-state index contributed by atoms with van der Waals surface area (Å²) in [5.74, 6) is 0.504. The molecule has 0 heterocycles. The molecule has 4 heteroatoms. The van der Waals surface area contributed by atoms with Gasteiger partial charge in [0.15, 0.2) is 0 Å². The number of hydrogen-bond donors (Lipinski definition) is 0. The van der Waals surface area contributed by atoms with E-state index in [2.05, 4.69) is 20.8 Å². The van der Waals surface area contributed by atoms with Crippen LogP contribution in [0.15, 0.2) is 0 Å². The van der Waals surface area contributed by atoms with Gasteiger partial charge in [-0.15, -0.1) is 0 Å². The van der Waals surface area contributed by atoms with Gasteiger partial charge in [-0.05, 0) is 31.6 Å². The first kappa shape index (κ1) is 31.9. The summed E-state index contributed by atoms with van der Waals surface area (Å²) in [5, 5.41) is 0. The molecule has 0 atom stereocenters. The lowest BCUT2D eigenvalue weighted by molar-refractivity contribution is -0.146. The van der Waals surface area contributed by atoms with E-state index < -0.39 is 0 Å². The predicted octanol–water partition coefficient (Wildman–Crippen LogP) is 8.94. The Morgan fingerprint density at radius 2 is 0.879 bits per heavy atom. The minimum absolute atomic E-state index is 0.132. The summed E-state index contributed by atoms with van der Waals surface area (Å²) in [5.41, 5.74) is 0. The van der Waals surface area contributed by atoms with E-state index in [0.717, 1.165) is 31.6 Å². The van der Waals surface area contributed by atoms with Crippen LogP contribution in [0.25, 0.3) is 0 Å². The average Bonchev–Trinajstić information content (AvgIpc) is 2.79. The van der Waals surface area contributed by atoms with Gasteiger partial charge in [-0.1, -0.05) is 117 Å². The van der Waals surface area contributed by atoms with Crippen molar-refractivity contribution in [3.8, 4) is 0 Å². The molecule has 0 aromatic carbocycles. The number of carbonyl (C=O) groups is 2. The van der Waals surface area contributed by atoms with Crippen LogP contribution in [-0.2, 0) is 19.1 Å². The largest absolute Gasteiger partial charge is 0.466 e. The Morgan fingerprint density at radius 3 is 1.27 bits per heavy atom. The highest BCUT2D eigenvalue weighted by Crippen LogP contribution is 2.12. The monoisotopic (exact) mass is 468 g/mol. The minimum Gasteiger partial charge on any atom is -0.466 e. The van der Waals surface area contributed by atoms with Crippen molar-refractivity contribution < 1.29 is 19.1 Å². The van der Waals surface area contributed by atoms with Crippen LogP contribution in [-0.4, -0.2) is 25.2 Å². The topological polar surface area (TPSA) is 52.6 Å². The average molecular weight is 469 g/mol. The maximum atomic E-state index is 11.8. The second kappa shape index (κ2) is 25.6. The third-order valence-electron chi connectivity index (χ3n) is 6.21. The van der Waals surface area contributed by atoms with Crippen LogP contribution in [0.3, 0.4) is 0 Å². The molecule has 0 saturated carbocycles. The van der Waals surface area contributed by atoms with Crippen LogP contribution in [0.5, 0.6) is 0 Å². The molecule has 0 fully saturated rings. The Kier molecular flexibility index (Phi) is 24.7. The molecule has 0 aliphatic carbocycles. The van der Waals surface area contributed by atoms with E-state index in [0.29, 0.717) is 38.9 Å². The molecule has 0 aromatic rings. The van der Waals surface area contributed by atoms with Crippen LogP contribution in [0.1, 0.15) is 156 Å². The highest BCUT2D eigenvalue weighted by molar-refractivity contribution is 5.70. The molecule has 0 N–H and O–H groups in total. The maximum absolute atomic E-state index is 11.8. The fourth-order valence-electron chi connectivity index (χ4n) is 4.01. The van der Waals surface area contributed by atoms with Crippen molar-refractivity contribution in [1.29, 1.82) is 0 Å². The smallest absolute Gasteiger partial charge is 0.305 e. The lowest BCUT2D eigenvalue weighted by Gasteiger charge is -2.07. The molecule has 0 aliphatic heterocycles. The fourth-order valence-corrected chi connectivity index (χ4v) is 4.01. The van der Waals surface area contributed by atoms with Gasteiger partial charge < -0.3 is 9.47 Å². The molecule has 0 aliphatic rings. The molecule has 0 rings (SSSR count). The van der Waals surface area contributed by atoms with Crippen LogP contribution in [0.2, 0.25) is 0 Å². The van der Waals surface area contributed by atoms with E-state index in [1.54, 1.807) is 0 Å². The van der Waals surface area contributed by atoms with Crippen molar-refractivity contribution in [3.63, 3.8) is 0 Å². The molecule has 0 unspecified atom stereocenters. The van der Waals surface area contributed by atoms with Gasteiger partial charge >= 0.3 is 11.9 Å². The highest BCUT2D eigenvalue weighted by atomic mass is 16.5. The Labute approximate surface area is 206 Å². The zero-order valence-corrected chi connectivity index (χ0v) is 22.5. The third-order valence-corrected chi connectivity index (χ3v) is 6.21. The number of ether oxygens (including phenoxy) is 2. The van der Waals surface area contributed by atoms with E-state index in [1.165, 1.54) is 83.5 Å². The molecule has 196 valence electrons. The Hall–Kier alpha value is -1.06. The number of esters is 2. The molecular formula is C29H56O4. The van der Waals surface area contributed by atoms with Crippen molar-refractivity contribution in [3.05, 3.63) is 0 Å². The summed E-state index contributed by atoms with van der Waals surface area (Å²) in [7, 11) is 0. The van der Waals surface area contributed by atoms with Crippen molar-refractivity contribution in [2.24, 2.45) is 5.92 Å². The van der Waals surface area contributed by atoms with Gasteiger partial charge in [-0.3, -0.25) is 9.59 Å². The van der Waals surface area contributed by atoms with Crippen LogP contribution in [0, 0.1) is 5.92 Å². The molecule has 0 spiro atoms. The molecule has 33 heavy (non-hydrogen) atoms. The second-order valence-electron chi connectivity index (χ2n) is 10.1. The summed E-state index contributed by atoms with van der Waals surface area (Å²) in [4.78, 5) is 23.5. The standard InChI is InChI=1S/C29H56O4/c1-4-5-6-7-8-9-10-11-12-13-15-20-25-32-28(30)23-18-19-24-29(31)33-26-21-16-14-17-22-27(2)3/h27H,4-26H2,1-3H3. The van der Waals surface area contributed by atoms with Crippen molar-refractivity contribution in [1.82, 2.24) is 0 Å². The maximum Gasteiger partial charge on any atom is 0.305 e. The number of hydrogen-bond acceptors (Lipinski definition) is 4. The van der Waals surface area contributed by atoms with E-state index in [1.807, 2.05) is 0 Å². The van der Waals surface area contributed by atoms with Gasteiger partial charge in [0.1, 0.15) is 0 Å². The Bertz CT molecular complexity index is 433. The summed E-state index contributed by atoms with van der Waals surface area (Å²) in [6, 6.07) is 0. The lowest BCUT2D eigenvalue weighted by atomic mass is 10.0. The molecule has 0 saturated heterocycles. The molecule has 0 bridgehead atoms. The van der Waals surface area contributed by atoms with Crippen LogP contribution >= 0.6 is 0 Å². The van der Waals surface area contributed by atoms with E-state index in [-0.39, 0.29) is 11.9 Å². The van der Waals surface area contributed by atoms with Crippen LogP contribution < -0.4 is 0 Å². The number of carbonyl (C=O) groups excluding carboxylic acids is 2. The van der Waals surface area contributed by atoms with Crippen molar-refractivity contribution >= 4 is 11.9 Å². The number of unbranched alkanes of at least 4 members (excludes halogenated alkanes) is 15. The lowest BCUT2D eigenvalue weighted by Crippen LogP contribution is -2.08. The van der Waals surface area contributed by atoms with E-state index in [4.69, 9.17) is 9.47 Å². The summed E-state index contributed by atoms with van der Waals surface area (Å²) in [6.45, 7) is 7.83. The first-order valence-electron chi connectivity index (χ1n) is 14.4. The summed E-state index contributed by atoms with van der Waals surface area (Å²) in [6.07, 6.45) is 23.7. The summed E-state index contributed by atoms with van der Waals surface area (Å²) >= 11 is 0.